The van der Waals surface area contributed by atoms with Crippen LogP contribution in [0.25, 0.3) is 0 Å². The fraction of sp³-hybridized carbons (Fsp3) is 0.304. The highest BCUT2D eigenvalue weighted by Gasteiger charge is 2.42. The summed E-state index contributed by atoms with van der Waals surface area (Å²) in [6, 6.07) is 18.3. The van der Waals surface area contributed by atoms with Gasteiger partial charge < -0.3 is 24.3 Å². The van der Waals surface area contributed by atoms with Gasteiger partial charge in [0.2, 0.25) is 0 Å². The number of nitrogens with one attached hydrogen (secondary N) is 1. The minimum Gasteiger partial charge on any atom is -0.464 e. The van der Waals surface area contributed by atoms with Crippen LogP contribution in [0.4, 0.5) is 11.4 Å². The van der Waals surface area contributed by atoms with E-state index < -0.39 is 0 Å². The van der Waals surface area contributed by atoms with Crippen molar-refractivity contribution < 1.29 is 9.15 Å². The van der Waals surface area contributed by atoms with Crippen LogP contribution < -0.4 is 15.1 Å². The largest absolute Gasteiger partial charge is 0.464 e. The molecule has 2 aliphatic rings. The first kappa shape index (κ1) is 19.1. The fourth-order valence-corrected chi connectivity index (χ4v) is 4.53. The average molecular weight is 421 g/mol. The van der Waals surface area contributed by atoms with Gasteiger partial charge in [0.1, 0.15) is 17.6 Å². The maximum absolute atomic E-state index is 6.05. The van der Waals surface area contributed by atoms with Gasteiger partial charge in [-0.15, -0.1) is 0 Å². The van der Waals surface area contributed by atoms with Gasteiger partial charge in [-0.25, -0.2) is 0 Å². The molecule has 154 valence electrons. The number of furan rings is 1. The number of rotatable bonds is 4. The second kappa shape index (κ2) is 8.08. The molecule has 6 nitrogen and oxygen atoms in total. The Morgan fingerprint density at radius 3 is 2.43 bits per heavy atom. The van der Waals surface area contributed by atoms with Crippen LogP contribution in [0.15, 0.2) is 65.2 Å². The minimum atomic E-state index is -0.115. The normalized spacial score (nSPS) is 21.7. The lowest BCUT2D eigenvalue weighted by molar-refractivity contribution is 0.122. The van der Waals surface area contributed by atoms with Crippen molar-refractivity contribution in [1.82, 2.24) is 10.3 Å². The van der Waals surface area contributed by atoms with Crippen LogP contribution in [0.2, 0.25) is 0 Å². The topological polar surface area (TPSA) is 53.8 Å². The summed E-state index contributed by atoms with van der Waals surface area (Å²) in [5.74, 6) is 1.75. The van der Waals surface area contributed by atoms with Gasteiger partial charge in [-0.1, -0.05) is 6.07 Å². The molecule has 30 heavy (non-hydrogen) atoms. The van der Waals surface area contributed by atoms with E-state index in [2.05, 4.69) is 44.4 Å². The maximum Gasteiger partial charge on any atom is 0.174 e. The number of thiocarbonyl (C=S) groups is 1. The molecule has 1 N–H and O–H groups in total. The zero-order valence-electron chi connectivity index (χ0n) is 16.8. The van der Waals surface area contributed by atoms with E-state index >= 15 is 0 Å². The van der Waals surface area contributed by atoms with Crippen LogP contribution >= 0.6 is 12.2 Å². The number of aryl methyl sites for hydroxylation is 1. The molecular formula is C23H24N4O2S. The molecule has 0 spiro atoms. The van der Waals surface area contributed by atoms with Crippen LogP contribution in [0.5, 0.6) is 0 Å². The molecule has 2 aliphatic heterocycles. The van der Waals surface area contributed by atoms with Crippen LogP contribution in [0.1, 0.15) is 29.3 Å². The van der Waals surface area contributed by atoms with E-state index in [0.717, 1.165) is 49.2 Å². The van der Waals surface area contributed by atoms with Gasteiger partial charge >= 0.3 is 0 Å². The lowest BCUT2D eigenvalue weighted by Crippen LogP contribution is -2.36. The predicted octanol–water partition coefficient (Wildman–Crippen LogP) is 4.00. The van der Waals surface area contributed by atoms with E-state index in [9.17, 15) is 0 Å². The smallest absolute Gasteiger partial charge is 0.174 e. The number of ether oxygens (including phenoxy) is 1. The minimum absolute atomic E-state index is 0.0943. The summed E-state index contributed by atoms with van der Waals surface area (Å²) in [4.78, 5) is 9.05. The van der Waals surface area contributed by atoms with E-state index in [1.165, 1.54) is 5.69 Å². The molecule has 0 amide bonds. The van der Waals surface area contributed by atoms with Gasteiger partial charge in [-0.3, -0.25) is 4.98 Å². The van der Waals surface area contributed by atoms with Gasteiger partial charge in [0.05, 0.1) is 24.9 Å². The van der Waals surface area contributed by atoms with Crippen molar-refractivity contribution >= 4 is 28.7 Å². The Balaban J connectivity index is 1.50. The molecule has 2 saturated heterocycles. The zero-order valence-corrected chi connectivity index (χ0v) is 17.6. The molecule has 7 heteroatoms. The maximum atomic E-state index is 6.05. The van der Waals surface area contributed by atoms with Crippen LogP contribution in [0.3, 0.4) is 0 Å². The fourth-order valence-electron chi connectivity index (χ4n) is 4.18. The molecule has 2 fully saturated rings. The second-order valence-electron chi connectivity index (χ2n) is 7.56. The highest BCUT2D eigenvalue weighted by Crippen LogP contribution is 2.42. The molecule has 0 radical (unpaired) electrons. The summed E-state index contributed by atoms with van der Waals surface area (Å²) in [5.41, 5.74) is 3.17. The third kappa shape index (κ3) is 3.55. The SMILES string of the molecule is Cc1ccc([C@H]2[C@@H](c3ccccn3)NC(=S)N2c2ccc(N3CCOCC3)cc2)o1. The number of morpholine rings is 1. The summed E-state index contributed by atoms with van der Waals surface area (Å²) >= 11 is 5.76. The van der Waals surface area contributed by atoms with Gasteiger partial charge in [0.15, 0.2) is 5.11 Å². The van der Waals surface area contributed by atoms with E-state index in [4.69, 9.17) is 21.4 Å². The Kier molecular flexibility index (Phi) is 5.14. The zero-order chi connectivity index (χ0) is 20.5. The van der Waals surface area contributed by atoms with Crippen LogP contribution in [-0.4, -0.2) is 36.4 Å². The Hall–Kier alpha value is -2.90. The number of hydrogen-bond acceptors (Lipinski definition) is 5. The Morgan fingerprint density at radius 1 is 1.00 bits per heavy atom. The first-order valence-corrected chi connectivity index (χ1v) is 10.6. The average Bonchev–Trinajstić information content (AvgIpc) is 3.38. The lowest BCUT2D eigenvalue weighted by Gasteiger charge is -2.30. The van der Waals surface area contributed by atoms with Crippen molar-refractivity contribution in [3.05, 3.63) is 78.0 Å². The molecule has 4 heterocycles. The molecule has 0 aliphatic carbocycles. The highest BCUT2D eigenvalue weighted by atomic mass is 32.1. The predicted molar refractivity (Wildman–Crippen MR) is 121 cm³/mol. The molecule has 0 bridgehead atoms. The quantitative estimate of drug-likeness (QED) is 0.641. The molecular weight excluding hydrogens is 396 g/mol. The first-order valence-electron chi connectivity index (χ1n) is 10.2. The molecule has 0 saturated carbocycles. The van der Waals surface area contributed by atoms with Crippen molar-refractivity contribution in [3.8, 4) is 0 Å². The van der Waals surface area contributed by atoms with Gasteiger partial charge in [0, 0.05) is 30.7 Å². The Labute approximate surface area is 181 Å². The standard InChI is InChI=1S/C23H24N4O2S/c1-16-5-10-20(29-16)22-21(19-4-2-3-11-24-19)25-23(30)27(22)18-8-6-17(7-9-18)26-12-14-28-15-13-26/h2-11,21-22H,12-15H2,1H3,(H,25,30)/t21-,22+/m1/s1. The third-order valence-electron chi connectivity index (χ3n) is 5.65. The highest BCUT2D eigenvalue weighted by molar-refractivity contribution is 7.80. The number of aromatic nitrogens is 1. The number of nitrogens with zero attached hydrogens (tertiary/aromatic N) is 3. The molecule has 0 unspecified atom stereocenters. The van der Waals surface area contributed by atoms with Gasteiger partial charge in [0.25, 0.3) is 0 Å². The number of benzene rings is 1. The summed E-state index contributed by atoms with van der Waals surface area (Å²) in [7, 11) is 0. The number of anilines is 2. The van der Waals surface area contributed by atoms with Crippen molar-refractivity contribution in [1.29, 1.82) is 0 Å². The Morgan fingerprint density at radius 2 is 1.77 bits per heavy atom. The van der Waals surface area contributed by atoms with E-state index in [-0.39, 0.29) is 12.1 Å². The molecule has 2 aromatic heterocycles. The van der Waals surface area contributed by atoms with Crippen LogP contribution in [-0.2, 0) is 4.74 Å². The summed E-state index contributed by atoms with van der Waals surface area (Å²) < 4.78 is 11.5. The number of pyridine rings is 1. The van der Waals surface area contributed by atoms with Gasteiger partial charge in [-0.2, -0.15) is 0 Å². The third-order valence-corrected chi connectivity index (χ3v) is 5.97. The molecule has 5 rings (SSSR count). The summed E-state index contributed by atoms with van der Waals surface area (Å²) in [6.45, 7) is 5.33. The molecule has 3 aromatic rings. The van der Waals surface area contributed by atoms with E-state index in [0.29, 0.717) is 5.11 Å². The van der Waals surface area contributed by atoms with Gasteiger partial charge in [-0.05, 0) is 67.7 Å². The van der Waals surface area contributed by atoms with Crippen molar-refractivity contribution in [2.24, 2.45) is 0 Å². The monoisotopic (exact) mass is 420 g/mol. The van der Waals surface area contributed by atoms with E-state index in [1.807, 2.05) is 43.5 Å². The second-order valence-corrected chi connectivity index (χ2v) is 7.95. The van der Waals surface area contributed by atoms with E-state index in [1.54, 1.807) is 0 Å². The Bertz CT molecular complexity index is 1020. The first-order chi connectivity index (χ1) is 14.7. The van der Waals surface area contributed by atoms with Crippen molar-refractivity contribution in [3.63, 3.8) is 0 Å². The summed E-state index contributed by atoms with van der Waals surface area (Å²) in [5, 5.41) is 4.13. The molecule has 2 atom stereocenters. The molecule has 1 aromatic carbocycles. The summed E-state index contributed by atoms with van der Waals surface area (Å²) in [6.07, 6.45) is 1.81. The van der Waals surface area contributed by atoms with Crippen molar-refractivity contribution in [2.75, 3.05) is 36.1 Å². The van der Waals surface area contributed by atoms with Crippen LogP contribution in [0, 0.1) is 6.92 Å². The lowest BCUT2D eigenvalue weighted by atomic mass is 10.0. The van der Waals surface area contributed by atoms with Crippen molar-refractivity contribution in [2.45, 2.75) is 19.0 Å². The number of hydrogen-bond donors (Lipinski definition) is 1.